The molecule has 6 rings (SSSR count). The lowest BCUT2D eigenvalue weighted by molar-refractivity contribution is -0.143. The van der Waals surface area contributed by atoms with Gasteiger partial charge in [0, 0.05) is 38.6 Å². The molecule has 0 aromatic heterocycles. The van der Waals surface area contributed by atoms with Crippen LogP contribution in [0, 0.1) is 30.2 Å². The van der Waals surface area contributed by atoms with Crippen LogP contribution in [0.1, 0.15) is 101 Å². The van der Waals surface area contributed by atoms with Crippen LogP contribution in [0.25, 0.3) is 0 Å². The first kappa shape index (κ1) is 54.9. The number of rotatable bonds is 11. The van der Waals surface area contributed by atoms with E-state index in [2.05, 4.69) is 10.6 Å². The standard InChI is InChI=1S/C25H27F5N2O4.C21H17F8NO2.C2H6/c1-14-8-16(25(28,29)30)11-17(9-14)35-21-12-18(26)15(10-19(21)27)13-31-22(33)20-6-5-7-32(20)23(34)36-24(2,3)4;22-15-10-19(16(23)6-11(15)3-4-18(31)17-2-1-5-30-17)32-14-8-12(20(24,25)26)7-13(9-14)21(27,28)29;1-2/h8-12,20H,5-7,13H2,1-4H3,(H,31,33);6-10,17,30H,1-5H2;1-2H3/t20-;17-;/m00./s1/i;;1D. The number of halogens is 13. The van der Waals surface area contributed by atoms with Crippen molar-refractivity contribution >= 4 is 17.8 Å². The Morgan fingerprint density at radius 1 is 0.700 bits per heavy atom. The Labute approximate surface area is 396 Å². The summed E-state index contributed by atoms with van der Waals surface area (Å²) in [5.74, 6) is -7.60. The van der Waals surface area contributed by atoms with E-state index in [4.69, 9.17) is 15.6 Å². The minimum Gasteiger partial charge on any atom is -0.454 e. The Morgan fingerprint density at radius 3 is 1.70 bits per heavy atom. The molecule has 2 N–H and O–H groups in total. The molecule has 4 aromatic carbocycles. The average molecular weight is 1010 g/mol. The van der Waals surface area contributed by atoms with Crippen molar-refractivity contribution in [2.75, 3.05) is 13.1 Å². The fourth-order valence-corrected chi connectivity index (χ4v) is 7.10. The van der Waals surface area contributed by atoms with E-state index in [0.29, 0.717) is 63.5 Å². The number of amides is 2. The Morgan fingerprint density at radius 2 is 1.20 bits per heavy atom. The van der Waals surface area contributed by atoms with Gasteiger partial charge in [-0.05, 0) is 126 Å². The molecule has 22 heteroatoms. The van der Waals surface area contributed by atoms with Crippen LogP contribution in [-0.2, 0) is 45.8 Å². The summed E-state index contributed by atoms with van der Waals surface area (Å²) in [5, 5.41) is 5.48. The minimum atomic E-state index is -5.12. The summed E-state index contributed by atoms with van der Waals surface area (Å²) in [6, 6.07) is 4.85. The van der Waals surface area contributed by atoms with Gasteiger partial charge in [-0.15, -0.1) is 0 Å². The molecule has 2 atom stereocenters. The highest BCUT2D eigenvalue weighted by Crippen LogP contribution is 2.40. The molecular weight excluding hydrogens is 962 g/mol. The number of nitrogens with zero attached hydrogens (tertiary/aromatic N) is 1. The van der Waals surface area contributed by atoms with Crippen molar-refractivity contribution in [3.8, 4) is 23.0 Å². The number of carbonyl (C=O) groups excluding carboxylic acids is 3. The van der Waals surface area contributed by atoms with E-state index in [-0.39, 0.29) is 71.9 Å². The van der Waals surface area contributed by atoms with Gasteiger partial charge in [0.1, 0.15) is 40.6 Å². The third-order valence-corrected chi connectivity index (χ3v) is 10.3. The Bertz CT molecular complexity index is 2470. The molecule has 0 bridgehead atoms. The van der Waals surface area contributed by atoms with E-state index < -0.39 is 99.4 Å². The molecule has 2 amide bonds. The summed E-state index contributed by atoms with van der Waals surface area (Å²) in [5.41, 5.74) is -5.16. The van der Waals surface area contributed by atoms with E-state index in [0.717, 1.165) is 18.6 Å². The maximum Gasteiger partial charge on any atom is 0.416 e. The summed E-state index contributed by atoms with van der Waals surface area (Å²) in [7, 11) is 0. The first-order valence-electron chi connectivity index (χ1n) is 22.2. The van der Waals surface area contributed by atoms with Gasteiger partial charge in [0.2, 0.25) is 5.91 Å². The third kappa shape index (κ3) is 16.0. The van der Waals surface area contributed by atoms with Crippen LogP contribution in [0.4, 0.5) is 61.9 Å². The highest BCUT2D eigenvalue weighted by molar-refractivity contribution is 5.86. The van der Waals surface area contributed by atoms with Crippen molar-refractivity contribution in [1.82, 2.24) is 15.5 Å². The number of hydrogen-bond acceptors (Lipinski definition) is 7. The number of nitrogens with one attached hydrogen (secondary N) is 2. The Hall–Kier alpha value is -6.06. The molecule has 0 unspecified atom stereocenters. The topological polar surface area (TPSA) is 106 Å². The average Bonchev–Trinajstić information content (AvgIpc) is 3.98. The molecule has 0 radical (unpaired) electrons. The van der Waals surface area contributed by atoms with Gasteiger partial charge in [-0.25, -0.2) is 22.4 Å². The number of likely N-dealkylation sites (tertiary alicyclic amines) is 1. The van der Waals surface area contributed by atoms with Gasteiger partial charge < -0.3 is 24.8 Å². The summed E-state index contributed by atoms with van der Waals surface area (Å²) in [6.07, 6.45) is -13.2. The molecular formula is C48H50F13N3O6. The fourth-order valence-electron chi connectivity index (χ4n) is 7.10. The van der Waals surface area contributed by atoms with E-state index in [1.165, 1.54) is 17.9 Å². The van der Waals surface area contributed by atoms with Gasteiger partial charge in [-0.2, -0.15) is 39.5 Å². The van der Waals surface area contributed by atoms with E-state index in [1.54, 1.807) is 27.7 Å². The molecule has 2 aliphatic rings. The van der Waals surface area contributed by atoms with Gasteiger partial charge in [0.15, 0.2) is 23.1 Å². The highest BCUT2D eigenvalue weighted by Gasteiger charge is 2.39. The number of ether oxygens (including phenoxy) is 3. The first-order valence-corrected chi connectivity index (χ1v) is 21.5. The second-order valence-corrected chi connectivity index (χ2v) is 16.9. The number of alkyl halides is 9. The zero-order valence-corrected chi connectivity index (χ0v) is 38.3. The number of hydrogen-bond donors (Lipinski definition) is 2. The molecule has 0 aliphatic carbocycles. The van der Waals surface area contributed by atoms with Crippen molar-refractivity contribution in [1.29, 1.82) is 0 Å². The van der Waals surface area contributed by atoms with Gasteiger partial charge in [0.25, 0.3) is 0 Å². The third-order valence-electron chi connectivity index (χ3n) is 10.3. The highest BCUT2D eigenvalue weighted by atomic mass is 19.4. The van der Waals surface area contributed by atoms with E-state index in [1.807, 2.05) is 0 Å². The quantitative estimate of drug-likeness (QED) is 0.144. The molecule has 384 valence electrons. The number of benzene rings is 4. The van der Waals surface area contributed by atoms with Gasteiger partial charge in [-0.3, -0.25) is 14.5 Å². The Balaban J connectivity index is 0.000000294. The van der Waals surface area contributed by atoms with Crippen LogP contribution < -0.4 is 20.1 Å². The maximum absolute atomic E-state index is 14.6. The molecule has 9 nitrogen and oxygen atoms in total. The summed E-state index contributed by atoms with van der Waals surface area (Å²) in [6.45, 7) is 9.47. The molecule has 4 aromatic rings. The van der Waals surface area contributed by atoms with Crippen molar-refractivity contribution < 1.29 is 87.0 Å². The van der Waals surface area contributed by atoms with Gasteiger partial charge in [-0.1, -0.05) is 13.8 Å². The number of aryl methyl sites for hydroxylation is 2. The molecule has 70 heavy (non-hydrogen) atoms. The van der Waals surface area contributed by atoms with Crippen LogP contribution in [0.15, 0.2) is 60.7 Å². The summed E-state index contributed by atoms with van der Waals surface area (Å²) in [4.78, 5) is 38.4. The predicted molar refractivity (Wildman–Crippen MR) is 229 cm³/mol. The zero-order chi connectivity index (χ0) is 53.2. The van der Waals surface area contributed by atoms with Crippen LogP contribution >= 0.6 is 0 Å². The van der Waals surface area contributed by atoms with Crippen molar-refractivity contribution in [2.24, 2.45) is 0 Å². The monoisotopic (exact) mass is 1010 g/mol. The largest absolute Gasteiger partial charge is 0.454 e. The number of Topliss-reactive ketones (excluding diaryl/α,β-unsaturated/α-hetero) is 1. The normalized spacial score (nSPS) is 16.3. The maximum atomic E-state index is 14.6. The van der Waals surface area contributed by atoms with Crippen LogP contribution in [0.5, 0.6) is 23.0 Å². The predicted octanol–water partition coefficient (Wildman–Crippen LogP) is 13.2. The van der Waals surface area contributed by atoms with E-state index >= 15 is 0 Å². The minimum absolute atomic E-state index is 0.0587. The lowest BCUT2D eigenvalue weighted by Crippen LogP contribution is -2.47. The molecule has 2 fully saturated rings. The second kappa shape index (κ2) is 23.2. The first-order chi connectivity index (χ1) is 32.9. The molecule has 2 heterocycles. The molecule has 2 saturated heterocycles. The van der Waals surface area contributed by atoms with E-state index in [9.17, 15) is 71.5 Å². The summed E-state index contributed by atoms with van der Waals surface area (Å²) >= 11 is 0. The SMILES string of the molecule is Cc1cc(Oc2cc(F)c(CNC(=O)[C@@H]3CCCN3C(=O)OC(C)(C)C)cc2F)cc(C(F)(F)F)c1.O=C(CCc1cc(F)c(Oc2cc(C(F)(F)F)cc(C(F)(F)F)c2)cc1F)[C@@H]1CCCN1.[2H]CC. The number of ketones is 1. The van der Waals surface area contributed by atoms with Crippen molar-refractivity contribution in [3.05, 3.63) is 117 Å². The molecule has 0 saturated carbocycles. The van der Waals surface area contributed by atoms with Gasteiger partial charge in [0.05, 0.1) is 22.7 Å². The second-order valence-electron chi connectivity index (χ2n) is 16.9. The fraction of sp³-hybridized carbons (Fsp3) is 0.438. The smallest absolute Gasteiger partial charge is 0.416 e. The lowest BCUT2D eigenvalue weighted by Gasteiger charge is -2.28. The number of carbonyl (C=O) groups is 3. The van der Waals surface area contributed by atoms with Crippen LogP contribution in [0.3, 0.4) is 0 Å². The summed E-state index contributed by atoms with van der Waals surface area (Å²) < 4.78 is 196. The lowest BCUT2D eigenvalue weighted by atomic mass is 10.0. The van der Waals surface area contributed by atoms with Gasteiger partial charge >= 0.3 is 24.6 Å². The zero-order valence-electron chi connectivity index (χ0n) is 39.3. The van der Waals surface area contributed by atoms with Crippen LogP contribution in [0.2, 0.25) is 0 Å². The molecule has 0 spiro atoms. The van der Waals surface area contributed by atoms with Crippen molar-refractivity contribution in [3.63, 3.8) is 0 Å². The molecule has 2 aliphatic heterocycles. The van der Waals surface area contributed by atoms with Crippen LogP contribution in [-0.4, -0.2) is 53.5 Å². The van der Waals surface area contributed by atoms with Crippen molar-refractivity contribution in [2.45, 2.75) is 123 Å². The Kier molecular flexibility index (Phi) is 18.2.